The molecule has 0 saturated carbocycles. The molecule has 1 aromatic carbocycles. The van der Waals surface area contributed by atoms with E-state index in [1.54, 1.807) is 6.33 Å². The zero-order valence-electron chi connectivity index (χ0n) is 10.9. The summed E-state index contributed by atoms with van der Waals surface area (Å²) in [6.45, 7) is 4.53. The molecule has 0 radical (unpaired) electrons. The van der Waals surface area contributed by atoms with Gasteiger partial charge in [-0.2, -0.15) is 0 Å². The zero-order valence-corrected chi connectivity index (χ0v) is 10.9. The van der Waals surface area contributed by atoms with Crippen LogP contribution in [0.3, 0.4) is 0 Å². The van der Waals surface area contributed by atoms with Gasteiger partial charge in [0.2, 0.25) is 0 Å². The van der Waals surface area contributed by atoms with Crippen LogP contribution in [-0.2, 0) is 20.2 Å². The average molecular weight is 245 g/mol. The van der Waals surface area contributed by atoms with Gasteiger partial charge in [-0.25, -0.2) is 4.98 Å². The molecule has 1 N–H and O–H groups in total. The summed E-state index contributed by atoms with van der Waals surface area (Å²) in [5, 5.41) is 3.29. The lowest BCUT2D eigenvalue weighted by atomic mass is 10.2. The summed E-state index contributed by atoms with van der Waals surface area (Å²) in [5.74, 6) is 0.886. The number of imidazole rings is 1. The molecule has 0 amide bonds. The van der Waals surface area contributed by atoms with Crippen LogP contribution < -0.4 is 10.1 Å². The molecule has 2 rings (SSSR count). The summed E-state index contributed by atoms with van der Waals surface area (Å²) in [7, 11) is 1.96. The minimum Gasteiger partial charge on any atom is -0.487 e. The smallest absolute Gasteiger partial charge is 0.130 e. The zero-order chi connectivity index (χ0) is 12.8. The molecule has 0 fully saturated rings. The summed E-state index contributed by atoms with van der Waals surface area (Å²) in [5.41, 5.74) is 2.33. The van der Waals surface area contributed by atoms with E-state index in [1.807, 2.05) is 29.9 Å². The van der Waals surface area contributed by atoms with Crippen LogP contribution in [-0.4, -0.2) is 16.1 Å². The van der Waals surface area contributed by atoms with Crippen LogP contribution in [0.5, 0.6) is 5.75 Å². The third-order valence-corrected chi connectivity index (χ3v) is 2.81. The number of hydrogen-bond acceptors (Lipinski definition) is 3. The fourth-order valence-corrected chi connectivity index (χ4v) is 1.65. The lowest BCUT2D eigenvalue weighted by Gasteiger charge is -2.07. The van der Waals surface area contributed by atoms with Crippen molar-refractivity contribution in [3.63, 3.8) is 0 Å². The molecule has 0 atom stereocenters. The minimum atomic E-state index is 0.545. The SMILES string of the molecule is CCNCc1ccc(OCc2cncn2C)cc1. The first kappa shape index (κ1) is 12.6. The Morgan fingerprint density at radius 1 is 1.28 bits per heavy atom. The van der Waals surface area contributed by atoms with Crippen molar-refractivity contribution in [2.75, 3.05) is 6.54 Å². The molecule has 4 heteroatoms. The molecular weight excluding hydrogens is 226 g/mol. The first-order valence-electron chi connectivity index (χ1n) is 6.17. The fraction of sp³-hybridized carbons (Fsp3) is 0.357. The number of rotatable bonds is 6. The first-order chi connectivity index (χ1) is 8.79. The molecule has 0 bridgehead atoms. The van der Waals surface area contributed by atoms with Gasteiger partial charge >= 0.3 is 0 Å². The maximum atomic E-state index is 5.71. The average Bonchev–Trinajstić information content (AvgIpc) is 2.81. The van der Waals surface area contributed by atoms with Crippen molar-refractivity contribution in [2.24, 2.45) is 7.05 Å². The van der Waals surface area contributed by atoms with E-state index in [0.29, 0.717) is 6.61 Å². The van der Waals surface area contributed by atoms with E-state index in [0.717, 1.165) is 24.5 Å². The maximum absolute atomic E-state index is 5.71. The van der Waals surface area contributed by atoms with Crippen molar-refractivity contribution in [3.8, 4) is 5.75 Å². The molecule has 1 heterocycles. The van der Waals surface area contributed by atoms with E-state index in [-0.39, 0.29) is 0 Å². The molecule has 0 aliphatic heterocycles. The Morgan fingerprint density at radius 3 is 2.67 bits per heavy atom. The van der Waals surface area contributed by atoms with Crippen LogP contribution in [0.25, 0.3) is 0 Å². The molecule has 0 unspecified atom stereocenters. The fourth-order valence-electron chi connectivity index (χ4n) is 1.65. The molecule has 2 aromatic rings. The van der Waals surface area contributed by atoms with Crippen molar-refractivity contribution in [1.29, 1.82) is 0 Å². The lowest BCUT2D eigenvalue weighted by molar-refractivity contribution is 0.297. The van der Waals surface area contributed by atoms with Crippen LogP contribution in [0, 0.1) is 0 Å². The second kappa shape index (κ2) is 6.21. The Kier molecular flexibility index (Phi) is 4.36. The number of nitrogens with one attached hydrogen (secondary N) is 1. The topological polar surface area (TPSA) is 39.1 Å². The minimum absolute atomic E-state index is 0.545. The van der Waals surface area contributed by atoms with Crippen LogP contribution in [0.1, 0.15) is 18.2 Å². The quantitative estimate of drug-likeness (QED) is 0.847. The number of nitrogens with zero attached hydrogens (tertiary/aromatic N) is 2. The molecule has 0 aliphatic carbocycles. The number of aryl methyl sites for hydroxylation is 1. The van der Waals surface area contributed by atoms with E-state index in [2.05, 4.69) is 29.4 Å². The van der Waals surface area contributed by atoms with Gasteiger partial charge in [0.1, 0.15) is 12.4 Å². The van der Waals surface area contributed by atoms with Gasteiger partial charge in [-0.05, 0) is 24.2 Å². The second-order valence-corrected chi connectivity index (χ2v) is 4.21. The molecule has 4 nitrogen and oxygen atoms in total. The van der Waals surface area contributed by atoms with Gasteiger partial charge in [0.15, 0.2) is 0 Å². The van der Waals surface area contributed by atoms with Crippen molar-refractivity contribution < 1.29 is 4.74 Å². The van der Waals surface area contributed by atoms with Crippen molar-refractivity contribution in [3.05, 3.63) is 48.0 Å². The van der Waals surface area contributed by atoms with E-state index < -0.39 is 0 Å². The highest BCUT2D eigenvalue weighted by Crippen LogP contribution is 2.13. The highest BCUT2D eigenvalue weighted by atomic mass is 16.5. The summed E-state index contributed by atoms with van der Waals surface area (Å²) in [6, 6.07) is 8.18. The maximum Gasteiger partial charge on any atom is 0.130 e. The molecule has 0 aliphatic rings. The monoisotopic (exact) mass is 245 g/mol. The molecule has 0 saturated heterocycles. The van der Waals surface area contributed by atoms with Crippen molar-refractivity contribution in [1.82, 2.24) is 14.9 Å². The van der Waals surface area contributed by atoms with Crippen LogP contribution in [0.2, 0.25) is 0 Å². The van der Waals surface area contributed by atoms with Gasteiger partial charge in [0.05, 0.1) is 18.2 Å². The van der Waals surface area contributed by atoms with E-state index >= 15 is 0 Å². The lowest BCUT2D eigenvalue weighted by Crippen LogP contribution is -2.11. The summed E-state index contributed by atoms with van der Waals surface area (Å²) in [6.07, 6.45) is 3.59. The van der Waals surface area contributed by atoms with Crippen LogP contribution in [0.4, 0.5) is 0 Å². The first-order valence-corrected chi connectivity index (χ1v) is 6.17. The molecule has 96 valence electrons. The van der Waals surface area contributed by atoms with E-state index in [9.17, 15) is 0 Å². The Labute approximate surface area is 108 Å². The van der Waals surface area contributed by atoms with Crippen LogP contribution in [0.15, 0.2) is 36.8 Å². The summed E-state index contributed by atoms with van der Waals surface area (Å²) >= 11 is 0. The van der Waals surface area contributed by atoms with E-state index in [4.69, 9.17) is 4.74 Å². The van der Waals surface area contributed by atoms with E-state index in [1.165, 1.54) is 5.56 Å². The van der Waals surface area contributed by atoms with Gasteiger partial charge in [0, 0.05) is 13.6 Å². The highest BCUT2D eigenvalue weighted by molar-refractivity contribution is 5.27. The summed E-state index contributed by atoms with van der Waals surface area (Å²) in [4.78, 5) is 4.06. The van der Waals surface area contributed by atoms with Gasteiger partial charge < -0.3 is 14.6 Å². The Bertz CT molecular complexity index is 476. The number of ether oxygens (including phenoxy) is 1. The molecule has 0 spiro atoms. The molecule has 18 heavy (non-hydrogen) atoms. The van der Waals surface area contributed by atoms with Gasteiger partial charge in [-0.3, -0.25) is 0 Å². The molecule has 1 aromatic heterocycles. The van der Waals surface area contributed by atoms with Gasteiger partial charge in [-0.1, -0.05) is 19.1 Å². The Morgan fingerprint density at radius 2 is 2.06 bits per heavy atom. The predicted molar refractivity (Wildman–Crippen MR) is 71.4 cm³/mol. The van der Waals surface area contributed by atoms with Gasteiger partial charge in [-0.15, -0.1) is 0 Å². The Balaban J connectivity index is 1.88. The molecular formula is C14H19N3O. The Hall–Kier alpha value is -1.81. The third-order valence-electron chi connectivity index (χ3n) is 2.81. The highest BCUT2D eigenvalue weighted by Gasteiger charge is 2.00. The largest absolute Gasteiger partial charge is 0.487 e. The normalized spacial score (nSPS) is 10.6. The van der Waals surface area contributed by atoms with Crippen LogP contribution >= 0.6 is 0 Å². The van der Waals surface area contributed by atoms with Gasteiger partial charge in [0.25, 0.3) is 0 Å². The van der Waals surface area contributed by atoms with Crippen molar-refractivity contribution >= 4 is 0 Å². The third kappa shape index (κ3) is 3.34. The van der Waals surface area contributed by atoms with Crippen molar-refractivity contribution in [2.45, 2.75) is 20.1 Å². The second-order valence-electron chi connectivity index (χ2n) is 4.21. The number of benzene rings is 1. The number of aromatic nitrogens is 2. The summed E-state index contributed by atoms with van der Waals surface area (Å²) < 4.78 is 7.67. The standard InChI is InChI=1S/C14H19N3O/c1-3-15-8-12-4-6-14(7-5-12)18-10-13-9-16-11-17(13)2/h4-7,9,11,15H,3,8,10H2,1-2H3. The number of hydrogen-bond donors (Lipinski definition) is 1. The predicted octanol–water partition coefficient (Wildman–Crippen LogP) is 2.11.